The molecule has 0 atom stereocenters. The summed E-state index contributed by atoms with van der Waals surface area (Å²) >= 11 is 0. The van der Waals surface area contributed by atoms with Crippen LogP contribution in [0.5, 0.6) is 0 Å². The van der Waals surface area contributed by atoms with Gasteiger partial charge in [0.25, 0.3) is 0 Å². The Balaban J connectivity index is 2.60. The van der Waals surface area contributed by atoms with Crippen LogP contribution in [-0.4, -0.2) is 42.3 Å². The van der Waals surface area contributed by atoms with Gasteiger partial charge in [-0.1, -0.05) is 13.3 Å². The van der Waals surface area contributed by atoms with Gasteiger partial charge in [-0.15, -0.1) is 0 Å². The van der Waals surface area contributed by atoms with Gasteiger partial charge in [-0.25, -0.2) is 5.84 Å². The Kier molecular flexibility index (Phi) is 4.71. The number of carbonyl (C=O) groups excluding carboxylic acids is 2. The van der Waals surface area contributed by atoms with E-state index >= 15 is 0 Å². The summed E-state index contributed by atoms with van der Waals surface area (Å²) in [6.07, 6.45) is 1.97. The van der Waals surface area contributed by atoms with E-state index in [1.807, 2.05) is 0 Å². The molecule has 1 aliphatic rings. The molecule has 90 valence electrons. The third-order valence-electron chi connectivity index (χ3n) is 2.15. The number of hydrogen-bond acceptors (Lipinski definition) is 4. The van der Waals surface area contributed by atoms with Crippen molar-refractivity contribution < 1.29 is 9.59 Å². The number of nitrogens with one attached hydrogen (secondary N) is 2. The van der Waals surface area contributed by atoms with Crippen LogP contribution in [0, 0.1) is 0 Å². The number of guanidine groups is 1. The number of unbranched alkanes of at least 4 members (excludes halogenated alkanes) is 1. The normalized spacial score (nSPS) is 17.4. The quantitative estimate of drug-likeness (QED) is 0.137. The highest BCUT2D eigenvalue weighted by Crippen LogP contribution is 1.96. The molecule has 0 aromatic rings. The van der Waals surface area contributed by atoms with Crippen LogP contribution in [0.15, 0.2) is 4.99 Å². The van der Waals surface area contributed by atoms with Gasteiger partial charge in [-0.2, -0.15) is 0 Å². The molecule has 0 bridgehead atoms. The zero-order valence-corrected chi connectivity index (χ0v) is 9.32. The van der Waals surface area contributed by atoms with E-state index in [4.69, 9.17) is 5.84 Å². The minimum atomic E-state index is -0.338. The van der Waals surface area contributed by atoms with Gasteiger partial charge in [-0.3, -0.25) is 25.3 Å². The van der Waals surface area contributed by atoms with Crippen LogP contribution < -0.4 is 16.6 Å². The summed E-state index contributed by atoms with van der Waals surface area (Å²) < 4.78 is 0. The van der Waals surface area contributed by atoms with Crippen molar-refractivity contribution in [3.05, 3.63) is 0 Å². The molecule has 7 heteroatoms. The van der Waals surface area contributed by atoms with E-state index in [0.717, 1.165) is 12.8 Å². The van der Waals surface area contributed by atoms with Crippen LogP contribution in [0.4, 0.5) is 0 Å². The van der Waals surface area contributed by atoms with Crippen molar-refractivity contribution in [2.75, 3.05) is 19.6 Å². The molecular formula is C9H17N5O2. The van der Waals surface area contributed by atoms with Gasteiger partial charge in [0, 0.05) is 6.54 Å². The van der Waals surface area contributed by atoms with Gasteiger partial charge in [-0.05, 0) is 6.42 Å². The fourth-order valence-electron chi connectivity index (χ4n) is 1.37. The summed E-state index contributed by atoms with van der Waals surface area (Å²) in [5, 5.41) is 2.21. The predicted octanol–water partition coefficient (Wildman–Crippen LogP) is -1.44. The molecule has 0 aliphatic carbocycles. The number of imide groups is 1. The molecule has 0 unspecified atom stereocenters. The van der Waals surface area contributed by atoms with Crippen molar-refractivity contribution in [3.63, 3.8) is 0 Å². The summed E-state index contributed by atoms with van der Waals surface area (Å²) in [6, 6.07) is 0. The van der Waals surface area contributed by atoms with Gasteiger partial charge in [0.05, 0.1) is 0 Å². The molecule has 1 heterocycles. The number of hydrogen-bond donors (Lipinski definition) is 3. The highest BCUT2D eigenvalue weighted by molar-refractivity contribution is 6.02. The van der Waals surface area contributed by atoms with Crippen molar-refractivity contribution in [2.24, 2.45) is 10.8 Å². The third-order valence-corrected chi connectivity index (χ3v) is 2.15. The van der Waals surface area contributed by atoms with Crippen molar-refractivity contribution in [2.45, 2.75) is 19.8 Å². The Bertz CT molecular complexity index is 286. The predicted molar refractivity (Wildman–Crippen MR) is 59.3 cm³/mol. The van der Waals surface area contributed by atoms with Gasteiger partial charge >= 0.3 is 0 Å². The molecule has 0 aromatic carbocycles. The van der Waals surface area contributed by atoms with Crippen LogP contribution in [0.3, 0.4) is 0 Å². The second-order valence-corrected chi connectivity index (χ2v) is 3.53. The molecule has 0 spiro atoms. The molecule has 1 saturated heterocycles. The van der Waals surface area contributed by atoms with Crippen molar-refractivity contribution >= 4 is 17.8 Å². The number of hydrazine groups is 1. The maximum atomic E-state index is 11.1. The SMILES string of the molecule is CCCCN=C(NN)N1CC(=O)NC(=O)C1. The fraction of sp³-hybridized carbons (Fsp3) is 0.667. The number of carbonyl (C=O) groups is 2. The summed E-state index contributed by atoms with van der Waals surface area (Å²) in [5.74, 6) is 5.02. The number of amides is 2. The number of rotatable bonds is 3. The molecule has 2 amide bonds. The van der Waals surface area contributed by atoms with Crippen LogP contribution in [0.25, 0.3) is 0 Å². The van der Waals surface area contributed by atoms with E-state index in [2.05, 4.69) is 22.7 Å². The number of piperazine rings is 1. The smallest absolute Gasteiger partial charge is 0.246 e. The number of nitrogens with zero attached hydrogens (tertiary/aromatic N) is 2. The zero-order valence-electron chi connectivity index (χ0n) is 9.32. The lowest BCUT2D eigenvalue weighted by Gasteiger charge is -2.27. The highest BCUT2D eigenvalue weighted by atomic mass is 16.2. The first-order valence-electron chi connectivity index (χ1n) is 5.26. The molecule has 1 rings (SSSR count). The maximum absolute atomic E-state index is 11.1. The average molecular weight is 227 g/mol. The minimum absolute atomic E-state index is 0.0981. The molecule has 0 saturated carbocycles. The minimum Gasteiger partial charge on any atom is -0.323 e. The van der Waals surface area contributed by atoms with Gasteiger partial charge in [0.15, 0.2) is 0 Å². The fourth-order valence-corrected chi connectivity index (χ4v) is 1.37. The third kappa shape index (κ3) is 3.50. The molecule has 1 fully saturated rings. The largest absolute Gasteiger partial charge is 0.323 e. The highest BCUT2D eigenvalue weighted by Gasteiger charge is 2.24. The maximum Gasteiger partial charge on any atom is 0.246 e. The summed E-state index contributed by atoms with van der Waals surface area (Å²) in [6.45, 7) is 2.88. The first kappa shape index (κ1) is 12.4. The Labute approximate surface area is 94.0 Å². The Morgan fingerprint density at radius 3 is 2.62 bits per heavy atom. The Morgan fingerprint density at radius 2 is 2.12 bits per heavy atom. The molecule has 0 radical (unpaired) electrons. The lowest BCUT2D eigenvalue weighted by molar-refractivity contribution is -0.134. The van der Waals surface area contributed by atoms with Crippen molar-refractivity contribution in [1.82, 2.24) is 15.6 Å². The van der Waals surface area contributed by atoms with Crippen LogP contribution in [0.1, 0.15) is 19.8 Å². The first-order valence-corrected chi connectivity index (χ1v) is 5.26. The van der Waals surface area contributed by atoms with Crippen molar-refractivity contribution in [3.8, 4) is 0 Å². The van der Waals surface area contributed by atoms with E-state index < -0.39 is 0 Å². The summed E-state index contributed by atoms with van der Waals surface area (Å²) in [5.41, 5.74) is 2.42. The van der Waals surface area contributed by atoms with Crippen LogP contribution >= 0.6 is 0 Å². The lowest BCUT2D eigenvalue weighted by Crippen LogP contribution is -2.57. The zero-order chi connectivity index (χ0) is 12.0. The van der Waals surface area contributed by atoms with Gasteiger partial charge < -0.3 is 4.90 Å². The molecule has 4 N–H and O–H groups in total. The number of nitrogens with two attached hydrogens (primary N) is 1. The van der Waals surface area contributed by atoms with E-state index in [1.54, 1.807) is 0 Å². The van der Waals surface area contributed by atoms with E-state index in [9.17, 15) is 9.59 Å². The lowest BCUT2D eigenvalue weighted by atomic mass is 10.3. The molecule has 1 aliphatic heterocycles. The van der Waals surface area contributed by atoms with Gasteiger partial charge in [0.2, 0.25) is 17.8 Å². The number of aliphatic imine (C=N–C) groups is 1. The van der Waals surface area contributed by atoms with Gasteiger partial charge in [0.1, 0.15) is 13.1 Å². The second-order valence-electron chi connectivity index (χ2n) is 3.53. The van der Waals surface area contributed by atoms with Crippen LogP contribution in [-0.2, 0) is 9.59 Å². The van der Waals surface area contributed by atoms with E-state index in [-0.39, 0.29) is 24.9 Å². The monoisotopic (exact) mass is 227 g/mol. The Hall–Kier alpha value is -1.63. The second kappa shape index (κ2) is 6.06. The standard InChI is InChI=1S/C9H17N5O2/c1-2-3-4-11-9(13-10)14-5-7(15)12-8(16)6-14/h2-6,10H2,1H3,(H,11,13)(H,12,15,16). The average Bonchev–Trinajstić information content (AvgIpc) is 2.23. The topological polar surface area (TPSA) is 99.8 Å². The summed E-state index contributed by atoms with van der Waals surface area (Å²) in [7, 11) is 0. The van der Waals surface area contributed by atoms with Crippen LogP contribution in [0.2, 0.25) is 0 Å². The Morgan fingerprint density at radius 1 is 1.50 bits per heavy atom. The first-order chi connectivity index (χ1) is 7.67. The van der Waals surface area contributed by atoms with E-state index in [0.29, 0.717) is 12.5 Å². The molecule has 7 nitrogen and oxygen atoms in total. The molecule has 16 heavy (non-hydrogen) atoms. The molecular weight excluding hydrogens is 210 g/mol. The molecule has 0 aromatic heterocycles. The van der Waals surface area contributed by atoms with Crippen molar-refractivity contribution in [1.29, 1.82) is 0 Å². The van der Waals surface area contributed by atoms with E-state index in [1.165, 1.54) is 4.90 Å². The summed E-state index contributed by atoms with van der Waals surface area (Å²) in [4.78, 5) is 28.0.